The molecule has 0 fully saturated rings. The van der Waals surface area contributed by atoms with Gasteiger partial charge in [0.05, 0.1) is 6.61 Å². The SMILES string of the molecule is Cc1cccc(C(C(=O)NC(C)C)N(CCO)C(=O)C(NC(=O)OC(C)(C)C)C(C)C)c1. The van der Waals surface area contributed by atoms with Crippen LogP contribution in [0.5, 0.6) is 0 Å². The number of ether oxygens (including phenoxy) is 1. The largest absolute Gasteiger partial charge is 0.444 e. The van der Waals surface area contributed by atoms with E-state index in [9.17, 15) is 19.5 Å². The predicted octanol–water partition coefficient (Wildman–Crippen LogP) is 2.93. The molecule has 0 radical (unpaired) electrons. The zero-order valence-corrected chi connectivity index (χ0v) is 20.6. The Hall–Kier alpha value is -2.61. The lowest BCUT2D eigenvalue weighted by atomic mass is 9.98. The van der Waals surface area contributed by atoms with Gasteiger partial charge in [-0.1, -0.05) is 43.7 Å². The first-order valence-electron chi connectivity index (χ1n) is 11.0. The highest BCUT2D eigenvalue weighted by atomic mass is 16.6. The lowest BCUT2D eigenvalue weighted by molar-refractivity contribution is -0.144. The molecule has 0 aromatic heterocycles. The zero-order chi connectivity index (χ0) is 24.6. The first kappa shape index (κ1) is 27.4. The van der Waals surface area contributed by atoms with Gasteiger partial charge in [-0.15, -0.1) is 0 Å². The van der Waals surface area contributed by atoms with Gasteiger partial charge in [-0.3, -0.25) is 9.59 Å². The van der Waals surface area contributed by atoms with Crippen molar-refractivity contribution in [3.05, 3.63) is 35.4 Å². The number of nitrogens with zero attached hydrogens (tertiary/aromatic N) is 1. The van der Waals surface area contributed by atoms with Gasteiger partial charge in [0.25, 0.3) is 0 Å². The number of aliphatic hydroxyl groups is 1. The van der Waals surface area contributed by atoms with Crippen molar-refractivity contribution in [1.29, 1.82) is 0 Å². The minimum Gasteiger partial charge on any atom is -0.444 e. The van der Waals surface area contributed by atoms with Crippen molar-refractivity contribution in [3.8, 4) is 0 Å². The molecule has 2 atom stereocenters. The van der Waals surface area contributed by atoms with Crippen LogP contribution in [-0.4, -0.2) is 58.8 Å². The first-order valence-corrected chi connectivity index (χ1v) is 11.0. The molecule has 0 aliphatic rings. The Morgan fingerprint density at radius 1 is 1.09 bits per heavy atom. The molecule has 0 saturated carbocycles. The quantitative estimate of drug-likeness (QED) is 0.537. The average molecular weight is 450 g/mol. The molecular formula is C24H39N3O5. The standard InChI is InChI=1S/C24H39N3O5/c1-15(2)19(26-23(31)32-24(6,7)8)22(30)27(12-13-28)20(21(29)25-16(3)4)18-11-9-10-17(5)14-18/h9-11,14-16,19-20,28H,12-13H2,1-8H3,(H,25,29)(H,26,31). The number of nitrogens with one attached hydrogen (secondary N) is 2. The third-order valence-electron chi connectivity index (χ3n) is 4.58. The van der Waals surface area contributed by atoms with Crippen LogP contribution in [-0.2, 0) is 14.3 Å². The summed E-state index contributed by atoms with van der Waals surface area (Å²) in [7, 11) is 0. The van der Waals surface area contributed by atoms with Gasteiger partial charge in [0.1, 0.15) is 17.7 Å². The number of aliphatic hydroxyl groups excluding tert-OH is 1. The molecule has 0 aliphatic heterocycles. The zero-order valence-electron chi connectivity index (χ0n) is 20.6. The van der Waals surface area contributed by atoms with Crippen molar-refractivity contribution in [3.63, 3.8) is 0 Å². The van der Waals surface area contributed by atoms with E-state index in [1.165, 1.54) is 4.90 Å². The normalized spacial score (nSPS) is 13.5. The van der Waals surface area contributed by atoms with Crippen molar-refractivity contribution >= 4 is 17.9 Å². The van der Waals surface area contributed by atoms with Crippen molar-refractivity contribution in [2.24, 2.45) is 5.92 Å². The van der Waals surface area contributed by atoms with Crippen LogP contribution in [0.1, 0.15) is 65.6 Å². The molecule has 180 valence electrons. The van der Waals surface area contributed by atoms with Crippen LogP contribution in [0.2, 0.25) is 0 Å². The summed E-state index contributed by atoms with van der Waals surface area (Å²) in [6.07, 6.45) is -0.716. The number of rotatable bonds is 9. The minimum atomic E-state index is -0.960. The maximum Gasteiger partial charge on any atom is 0.408 e. The van der Waals surface area contributed by atoms with Gasteiger partial charge < -0.3 is 25.4 Å². The molecule has 8 nitrogen and oxygen atoms in total. The number of aryl methyl sites for hydroxylation is 1. The third-order valence-corrected chi connectivity index (χ3v) is 4.58. The van der Waals surface area contributed by atoms with Crippen LogP contribution in [0.4, 0.5) is 4.79 Å². The van der Waals surface area contributed by atoms with Gasteiger partial charge in [0, 0.05) is 12.6 Å². The Kier molecular flexibility index (Phi) is 10.2. The maximum absolute atomic E-state index is 13.6. The highest BCUT2D eigenvalue weighted by molar-refractivity contribution is 5.92. The lowest BCUT2D eigenvalue weighted by Crippen LogP contribution is -2.55. The summed E-state index contributed by atoms with van der Waals surface area (Å²) in [5, 5.41) is 15.2. The average Bonchev–Trinajstić information content (AvgIpc) is 2.63. The van der Waals surface area contributed by atoms with E-state index in [1.54, 1.807) is 40.7 Å². The van der Waals surface area contributed by atoms with Gasteiger partial charge in [0.2, 0.25) is 11.8 Å². The van der Waals surface area contributed by atoms with Gasteiger partial charge in [-0.25, -0.2) is 4.79 Å². The van der Waals surface area contributed by atoms with E-state index < -0.39 is 29.7 Å². The summed E-state index contributed by atoms with van der Waals surface area (Å²) in [5.74, 6) is -1.10. The molecule has 0 spiro atoms. The number of carbonyl (C=O) groups excluding carboxylic acids is 3. The fourth-order valence-corrected chi connectivity index (χ4v) is 3.28. The molecule has 3 amide bonds. The lowest BCUT2D eigenvalue weighted by Gasteiger charge is -2.35. The Bertz CT molecular complexity index is 786. The topological polar surface area (TPSA) is 108 Å². The third kappa shape index (κ3) is 8.49. The van der Waals surface area contributed by atoms with E-state index in [-0.39, 0.29) is 31.0 Å². The number of amides is 3. The summed E-state index contributed by atoms with van der Waals surface area (Å²) in [5.41, 5.74) is 0.846. The van der Waals surface area contributed by atoms with Gasteiger partial charge >= 0.3 is 6.09 Å². The number of alkyl carbamates (subject to hydrolysis) is 1. The van der Waals surface area contributed by atoms with E-state index in [2.05, 4.69) is 10.6 Å². The van der Waals surface area contributed by atoms with Crippen LogP contribution in [0.15, 0.2) is 24.3 Å². The molecule has 1 aromatic carbocycles. The smallest absolute Gasteiger partial charge is 0.408 e. The van der Waals surface area contributed by atoms with Gasteiger partial charge in [0.15, 0.2) is 0 Å². The molecule has 0 saturated heterocycles. The molecule has 0 aliphatic carbocycles. The van der Waals surface area contributed by atoms with Crippen LogP contribution in [0, 0.1) is 12.8 Å². The van der Waals surface area contributed by atoms with Crippen molar-refractivity contribution in [1.82, 2.24) is 15.5 Å². The molecular weight excluding hydrogens is 410 g/mol. The first-order chi connectivity index (χ1) is 14.8. The van der Waals surface area contributed by atoms with Crippen molar-refractivity contribution in [2.45, 2.75) is 79.1 Å². The van der Waals surface area contributed by atoms with E-state index >= 15 is 0 Å². The molecule has 0 heterocycles. The summed E-state index contributed by atoms with van der Waals surface area (Å²) < 4.78 is 5.32. The van der Waals surface area contributed by atoms with E-state index in [0.717, 1.165) is 5.56 Å². The van der Waals surface area contributed by atoms with Crippen LogP contribution >= 0.6 is 0 Å². The Morgan fingerprint density at radius 2 is 1.72 bits per heavy atom. The molecule has 8 heteroatoms. The summed E-state index contributed by atoms with van der Waals surface area (Å²) in [4.78, 5) is 40.5. The fraction of sp³-hybridized carbons (Fsp3) is 0.625. The Labute approximate surface area is 191 Å². The number of benzene rings is 1. The van der Waals surface area contributed by atoms with Gasteiger partial charge in [-0.05, 0) is 53.0 Å². The van der Waals surface area contributed by atoms with Gasteiger partial charge in [-0.2, -0.15) is 0 Å². The highest BCUT2D eigenvalue weighted by Gasteiger charge is 2.37. The van der Waals surface area contributed by atoms with Crippen LogP contribution < -0.4 is 10.6 Å². The number of carbonyl (C=O) groups is 3. The van der Waals surface area contributed by atoms with Crippen LogP contribution in [0.25, 0.3) is 0 Å². The minimum absolute atomic E-state index is 0.0673. The fourth-order valence-electron chi connectivity index (χ4n) is 3.28. The van der Waals surface area contributed by atoms with E-state index in [0.29, 0.717) is 5.56 Å². The summed E-state index contributed by atoms with van der Waals surface area (Å²) in [6.45, 7) is 14.0. The summed E-state index contributed by atoms with van der Waals surface area (Å²) in [6, 6.07) is 5.31. The molecule has 3 N–H and O–H groups in total. The molecule has 1 rings (SSSR count). The predicted molar refractivity (Wildman–Crippen MR) is 124 cm³/mol. The maximum atomic E-state index is 13.6. The molecule has 32 heavy (non-hydrogen) atoms. The second-order valence-corrected chi connectivity index (χ2v) is 9.60. The second-order valence-electron chi connectivity index (χ2n) is 9.60. The van der Waals surface area contributed by atoms with E-state index in [4.69, 9.17) is 4.74 Å². The summed E-state index contributed by atoms with van der Waals surface area (Å²) >= 11 is 0. The highest BCUT2D eigenvalue weighted by Crippen LogP contribution is 2.24. The molecule has 2 unspecified atom stereocenters. The van der Waals surface area contributed by atoms with E-state index in [1.807, 2.05) is 39.0 Å². The van der Waals surface area contributed by atoms with Crippen molar-refractivity contribution in [2.75, 3.05) is 13.2 Å². The Morgan fingerprint density at radius 3 is 2.19 bits per heavy atom. The molecule has 0 bridgehead atoms. The second kappa shape index (κ2) is 11.9. The Balaban J connectivity index is 3.38. The monoisotopic (exact) mass is 449 g/mol. The number of hydrogen-bond donors (Lipinski definition) is 3. The number of hydrogen-bond acceptors (Lipinski definition) is 5. The molecule has 1 aromatic rings. The van der Waals surface area contributed by atoms with Crippen LogP contribution in [0.3, 0.4) is 0 Å². The van der Waals surface area contributed by atoms with Crippen molar-refractivity contribution < 1.29 is 24.2 Å².